The summed E-state index contributed by atoms with van der Waals surface area (Å²) >= 11 is 2.81. The van der Waals surface area contributed by atoms with Crippen LogP contribution in [0.4, 0.5) is 10.1 Å². The topological polar surface area (TPSA) is 86.2 Å². The second-order valence-electron chi connectivity index (χ2n) is 2.41. The van der Waals surface area contributed by atoms with Crippen LogP contribution in [0.1, 0.15) is 10.4 Å². The quantitative estimate of drug-likeness (QED) is 0.649. The molecule has 0 aliphatic carbocycles. The molecule has 0 radical (unpaired) electrons. The first-order chi connectivity index (χ1) is 6.43. The first-order valence-corrected chi connectivity index (χ1v) is 4.16. The molecule has 74 valence electrons. The van der Waals surface area contributed by atoms with E-state index in [1.54, 1.807) is 0 Å². The Hall–Kier alpha value is -1.50. The third-order valence-electron chi connectivity index (χ3n) is 1.48. The number of nitrogens with zero attached hydrogens (tertiary/aromatic N) is 1. The monoisotopic (exact) mass is 262 g/mol. The molecule has 0 unspecified atom stereocenters. The molecule has 0 bridgehead atoms. The fraction of sp³-hybridized carbons (Fsp3) is 0. The number of carbonyl (C=O) groups excluding carboxylic acids is 1. The molecule has 1 rings (SSSR count). The lowest BCUT2D eigenvalue weighted by Gasteiger charge is -2.00. The molecular formula is C7H4BrFN2O3. The first-order valence-electron chi connectivity index (χ1n) is 3.36. The minimum Gasteiger partial charge on any atom is -0.366 e. The molecule has 0 atom stereocenters. The minimum absolute atomic E-state index is 0.114. The van der Waals surface area contributed by atoms with Gasteiger partial charge >= 0.3 is 0 Å². The molecule has 0 aliphatic rings. The van der Waals surface area contributed by atoms with Crippen molar-refractivity contribution in [2.75, 3.05) is 0 Å². The summed E-state index contributed by atoms with van der Waals surface area (Å²) in [5.41, 5.74) is 4.11. The summed E-state index contributed by atoms with van der Waals surface area (Å²) in [6.07, 6.45) is 0. The number of nitro groups is 1. The number of hydrogen-bond donors (Lipinski definition) is 1. The molecule has 0 fully saturated rings. The third kappa shape index (κ3) is 1.87. The van der Waals surface area contributed by atoms with Crippen LogP contribution in [0, 0.1) is 15.9 Å². The molecule has 5 nitrogen and oxygen atoms in total. The van der Waals surface area contributed by atoms with Gasteiger partial charge < -0.3 is 5.73 Å². The smallest absolute Gasteiger partial charge is 0.287 e. The molecule has 0 saturated heterocycles. The van der Waals surface area contributed by atoms with E-state index in [-0.39, 0.29) is 10.0 Å². The van der Waals surface area contributed by atoms with Crippen LogP contribution in [-0.4, -0.2) is 10.8 Å². The Kier molecular flexibility index (Phi) is 2.80. The van der Waals surface area contributed by atoms with Gasteiger partial charge in [-0.15, -0.1) is 0 Å². The van der Waals surface area contributed by atoms with Gasteiger partial charge in [-0.1, -0.05) is 0 Å². The van der Waals surface area contributed by atoms with Crippen LogP contribution in [0.3, 0.4) is 0 Å². The highest BCUT2D eigenvalue weighted by atomic mass is 79.9. The Morgan fingerprint density at radius 2 is 2.14 bits per heavy atom. The van der Waals surface area contributed by atoms with Crippen LogP contribution in [0.2, 0.25) is 0 Å². The maximum absolute atomic E-state index is 12.8. The molecule has 0 heterocycles. The highest BCUT2D eigenvalue weighted by Crippen LogP contribution is 2.29. The molecular weight excluding hydrogens is 259 g/mol. The van der Waals surface area contributed by atoms with Crippen molar-refractivity contribution in [3.8, 4) is 0 Å². The summed E-state index contributed by atoms with van der Waals surface area (Å²) in [7, 11) is 0. The summed E-state index contributed by atoms with van der Waals surface area (Å²) in [6.45, 7) is 0. The average Bonchev–Trinajstić information content (AvgIpc) is 2.07. The van der Waals surface area contributed by atoms with Gasteiger partial charge in [-0.2, -0.15) is 0 Å². The van der Waals surface area contributed by atoms with Crippen molar-refractivity contribution in [1.29, 1.82) is 0 Å². The zero-order valence-corrected chi connectivity index (χ0v) is 8.25. The van der Waals surface area contributed by atoms with Crippen molar-refractivity contribution in [2.45, 2.75) is 0 Å². The molecule has 0 spiro atoms. The Morgan fingerprint density at radius 3 is 2.57 bits per heavy atom. The van der Waals surface area contributed by atoms with Gasteiger partial charge in [0.1, 0.15) is 10.3 Å². The van der Waals surface area contributed by atoms with Gasteiger partial charge in [0.25, 0.3) is 5.69 Å². The standard InChI is InChI=1S/C7H4BrFN2O3/c8-6-4(7(10)12)1-3(9)2-5(6)11(13)14/h1-2H,(H2,10,12). The average molecular weight is 263 g/mol. The summed E-state index contributed by atoms with van der Waals surface area (Å²) in [4.78, 5) is 20.4. The van der Waals surface area contributed by atoms with E-state index in [2.05, 4.69) is 15.9 Å². The van der Waals surface area contributed by atoms with Crippen LogP contribution in [0.5, 0.6) is 0 Å². The van der Waals surface area contributed by atoms with Crippen molar-refractivity contribution in [3.63, 3.8) is 0 Å². The number of nitrogens with two attached hydrogens (primary N) is 1. The fourth-order valence-corrected chi connectivity index (χ4v) is 1.46. The number of carbonyl (C=O) groups is 1. The normalized spacial score (nSPS) is 9.86. The molecule has 1 amide bonds. The van der Waals surface area contributed by atoms with Gasteiger partial charge in [0.05, 0.1) is 16.6 Å². The highest BCUT2D eigenvalue weighted by molar-refractivity contribution is 9.10. The molecule has 0 aromatic heterocycles. The third-order valence-corrected chi connectivity index (χ3v) is 2.31. The maximum atomic E-state index is 12.8. The van der Waals surface area contributed by atoms with Crippen molar-refractivity contribution in [1.82, 2.24) is 0 Å². The van der Waals surface area contributed by atoms with Gasteiger partial charge in [-0.25, -0.2) is 4.39 Å². The molecule has 7 heteroatoms. The number of nitro benzene ring substituents is 1. The van der Waals surface area contributed by atoms with Gasteiger partial charge in [0.15, 0.2) is 0 Å². The number of halogens is 2. The van der Waals surface area contributed by atoms with E-state index in [0.29, 0.717) is 6.07 Å². The summed E-state index contributed by atoms with van der Waals surface area (Å²) in [5, 5.41) is 10.4. The number of primary amides is 1. The highest BCUT2D eigenvalue weighted by Gasteiger charge is 2.20. The van der Waals surface area contributed by atoms with E-state index >= 15 is 0 Å². The van der Waals surface area contributed by atoms with Gasteiger partial charge in [-0.05, 0) is 22.0 Å². The summed E-state index contributed by atoms with van der Waals surface area (Å²) in [5.74, 6) is -1.81. The number of amides is 1. The molecule has 2 N–H and O–H groups in total. The molecule has 14 heavy (non-hydrogen) atoms. The molecule has 1 aromatic carbocycles. The van der Waals surface area contributed by atoms with Crippen LogP contribution >= 0.6 is 15.9 Å². The molecule has 1 aromatic rings. The van der Waals surface area contributed by atoms with E-state index in [0.717, 1.165) is 6.07 Å². The zero-order chi connectivity index (χ0) is 10.9. The SMILES string of the molecule is NC(=O)c1cc(F)cc([N+](=O)[O-])c1Br. The zero-order valence-electron chi connectivity index (χ0n) is 6.66. The molecule has 0 saturated carbocycles. The minimum atomic E-state index is -0.931. The largest absolute Gasteiger partial charge is 0.366 e. The number of rotatable bonds is 2. The van der Waals surface area contributed by atoms with Gasteiger partial charge in [0.2, 0.25) is 5.91 Å². The Balaban J connectivity index is 3.47. The van der Waals surface area contributed by atoms with Crippen LogP contribution < -0.4 is 5.73 Å². The van der Waals surface area contributed by atoms with Crippen molar-refractivity contribution >= 4 is 27.5 Å². The van der Waals surface area contributed by atoms with E-state index in [1.807, 2.05) is 0 Å². The second kappa shape index (κ2) is 3.70. The van der Waals surface area contributed by atoms with Crippen molar-refractivity contribution in [2.24, 2.45) is 5.73 Å². The van der Waals surface area contributed by atoms with Crippen LogP contribution in [0.25, 0.3) is 0 Å². The van der Waals surface area contributed by atoms with Crippen molar-refractivity contribution < 1.29 is 14.1 Å². The van der Waals surface area contributed by atoms with Crippen LogP contribution in [-0.2, 0) is 0 Å². The van der Waals surface area contributed by atoms with E-state index < -0.39 is 22.3 Å². The van der Waals surface area contributed by atoms with Crippen molar-refractivity contribution in [3.05, 3.63) is 38.1 Å². The summed E-state index contributed by atoms with van der Waals surface area (Å²) in [6, 6.07) is 1.54. The predicted octanol–water partition coefficient (Wildman–Crippen LogP) is 1.60. The van der Waals surface area contributed by atoms with E-state index in [4.69, 9.17) is 5.73 Å². The lowest BCUT2D eigenvalue weighted by molar-refractivity contribution is -0.385. The van der Waals surface area contributed by atoms with Gasteiger partial charge in [-0.3, -0.25) is 14.9 Å². The van der Waals surface area contributed by atoms with E-state index in [9.17, 15) is 19.3 Å². The van der Waals surface area contributed by atoms with Crippen LogP contribution in [0.15, 0.2) is 16.6 Å². The Labute approximate surface area is 86.0 Å². The number of hydrogen-bond acceptors (Lipinski definition) is 3. The fourth-order valence-electron chi connectivity index (χ4n) is 0.887. The summed E-state index contributed by atoms with van der Waals surface area (Å²) < 4.78 is 12.7. The lowest BCUT2D eigenvalue weighted by atomic mass is 10.2. The Morgan fingerprint density at radius 1 is 1.57 bits per heavy atom. The Bertz CT molecular complexity index is 386. The predicted molar refractivity (Wildman–Crippen MR) is 49.3 cm³/mol. The molecule has 0 aliphatic heterocycles. The van der Waals surface area contributed by atoms with E-state index in [1.165, 1.54) is 0 Å². The van der Waals surface area contributed by atoms with Gasteiger partial charge in [0, 0.05) is 0 Å². The maximum Gasteiger partial charge on any atom is 0.287 e. The number of benzene rings is 1. The first kappa shape index (κ1) is 10.6. The second-order valence-corrected chi connectivity index (χ2v) is 3.20. The lowest BCUT2D eigenvalue weighted by Crippen LogP contribution is -2.12.